The van der Waals surface area contributed by atoms with Gasteiger partial charge in [-0.15, -0.1) is 0 Å². The maximum Gasteiger partial charge on any atom is 0.257 e. The van der Waals surface area contributed by atoms with Crippen LogP contribution in [0.4, 0.5) is 0 Å². The summed E-state index contributed by atoms with van der Waals surface area (Å²) in [5, 5.41) is 4.80. The van der Waals surface area contributed by atoms with Crippen molar-refractivity contribution < 1.29 is 19.1 Å². The van der Waals surface area contributed by atoms with E-state index in [-0.39, 0.29) is 17.9 Å². The van der Waals surface area contributed by atoms with Gasteiger partial charge >= 0.3 is 0 Å². The van der Waals surface area contributed by atoms with E-state index in [9.17, 15) is 9.59 Å². The van der Waals surface area contributed by atoms with Crippen molar-refractivity contribution in [1.29, 1.82) is 0 Å². The van der Waals surface area contributed by atoms with Gasteiger partial charge in [-0.2, -0.15) is 5.10 Å². The molecule has 0 spiro atoms. The van der Waals surface area contributed by atoms with Crippen molar-refractivity contribution in [2.45, 2.75) is 25.5 Å². The molecule has 1 unspecified atom stereocenters. The maximum atomic E-state index is 13.7. The van der Waals surface area contributed by atoms with Gasteiger partial charge in [0.15, 0.2) is 0 Å². The highest BCUT2D eigenvalue weighted by atomic mass is 16.5. The van der Waals surface area contributed by atoms with Gasteiger partial charge in [0, 0.05) is 44.5 Å². The van der Waals surface area contributed by atoms with Crippen LogP contribution >= 0.6 is 0 Å². The average molecular weight is 475 g/mol. The molecule has 2 aliphatic rings. The zero-order valence-corrected chi connectivity index (χ0v) is 19.9. The van der Waals surface area contributed by atoms with E-state index in [0.717, 1.165) is 24.0 Å². The fourth-order valence-electron chi connectivity index (χ4n) is 4.69. The number of benzene rings is 2. The van der Waals surface area contributed by atoms with Gasteiger partial charge in [-0.25, -0.2) is 0 Å². The first kappa shape index (κ1) is 23.1. The Morgan fingerprint density at radius 3 is 2.51 bits per heavy atom. The summed E-state index contributed by atoms with van der Waals surface area (Å²) in [4.78, 5) is 30.0. The van der Waals surface area contributed by atoms with E-state index in [1.165, 1.54) is 0 Å². The van der Waals surface area contributed by atoms with Crippen LogP contribution in [0.2, 0.25) is 0 Å². The summed E-state index contributed by atoms with van der Waals surface area (Å²) in [6, 6.07) is 17.6. The SMILES string of the molecule is COc1cccc(-c2nn(Cc3ccccc3)cc2C(=O)N2CCN(C(=O)C3CCCO3)CC2)c1. The molecule has 182 valence electrons. The fraction of sp³-hybridized carbons (Fsp3) is 0.370. The summed E-state index contributed by atoms with van der Waals surface area (Å²) in [5.41, 5.74) is 3.11. The lowest BCUT2D eigenvalue weighted by atomic mass is 10.1. The van der Waals surface area contributed by atoms with E-state index in [1.807, 2.05) is 75.3 Å². The van der Waals surface area contributed by atoms with Crippen molar-refractivity contribution in [2.24, 2.45) is 0 Å². The summed E-state index contributed by atoms with van der Waals surface area (Å²) in [6.45, 7) is 3.20. The molecule has 0 aliphatic carbocycles. The Kier molecular flexibility index (Phi) is 6.81. The number of carbonyl (C=O) groups excluding carboxylic acids is 2. The van der Waals surface area contributed by atoms with Gasteiger partial charge in [0.05, 0.1) is 19.2 Å². The molecular formula is C27H30N4O4. The molecule has 2 aliphatic heterocycles. The van der Waals surface area contributed by atoms with Gasteiger partial charge in [0.25, 0.3) is 11.8 Å². The molecule has 8 nitrogen and oxygen atoms in total. The van der Waals surface area contributed by atoms with Crippen LogP contribution in [-0.4, -0.2) is 77.4 Å². The summed E-state index contributed by atoms with van der Waals surface area (Å²) < 4.78 is 12.8. The molecule has 2 saturated heterocycles. The minimum atomic E-state index is -0.326. The van der Waals surface area contributed by atoms with Crippen LogP contribution in [0.25, 0.3) is 11.3 Å². The molecule has 0 saturated carbocycles. The van der Waals surface area contributed by atoms with Crippen molar-refractivity contribution in [1.82, 2.24) is 19.6 Å². The number of rotatable bonds is 6. The van der Waals surface area contributed by atoms with Crippen LogP contribution in [0.1, 0.15) is 28.8 Å². The third kappa shape index (κ3) is 5.07. The van der Waals surface area contributed by atoms with Crippen molar-refractivity contribution in [3.8, 4) is 17.0 Å². The smallest absolute Gasteiger partial charge is 0.257 e. The molecule has 8 heteroatoms. The molecule has 35 heavy (non-hydrogen) atoms. The van der Waals surface area contributed by atoms with Gasteiger partial charge in [-0.05, 0) is 30.5 Å². The molecular weight excluding hydrogens is 444 g/mol. The van der Waals surface area contributed by atoms with Crippen molar-refractivity contribution in [3.05, 3.63) is 71.9 Å². The third-order valence-corrected chi connectivity index (χ3v) is 6.61. The number of methoxy groups -OCH3 is 1. The summed E-state index contributed by atoms with van der Waals surface area (Å²) >= 11 is 0. The van der Waals surface area contributed by atoms with E-state index in [0.29, 0.717) is 56.3 Å². The Hall–Kier alpha value is -3.65. The van der Waals surface area contributed by atoms with Gasteiger partial charge in [0.1, 0.15) is 17.5 Å². The Labute approximate surface area is 205 Å². The van der Waals surface area contributed by atoms with Crippen molar-refractivity contribution >= 4 is 11.8 Å². The normalized spacial score (nSPS) is 18.0. The highest BCUT2D eigenvalue weighted by Gasteiger charge is 2.32. The first-order chi connectivity index (χ1) is 17.1. The van der Waals surface area contributed by atoms with E-state index in [1.54, 1.807) is 7.11 Å². The summed E-state index contributed by atoms with van der Waals surface area (Å²) in [7, 11) is 1.62. The number of aromatic nitrogens is 2. The number of hydrogen-bond donors (Lipinski definition) is 0. The van der Waals surface area contributed by atoms with Gasteiger partial charge in [-0.1, -0.05) is 42.5 Å². The maximum absolute atomic E-state index is 13.7. The predicted molar refractivity (Wildman–Crippen MR) is 131 cm³/mol. The summed E-state index contributed by atoms with van der Waals surface area (Å²) in [6.07, 6.45) is 3.21. The second kappa shape index (κ2) is 10.3. The second-order valence-corrected chi connectivity index (χ2v) is 8.93. The largest absolute Gasteiger partial charge is 0.497 e. The quantitative estimate of drug-likeness (QED) is 0.549. The van der Waals surface area contributed by atoms with Crippen molar-refractivity contribution in [3.63, 3.8) is 0 Å². The van der Waals surface area contributed by atoms with Crippen molar-refractivity contribution in [2.75, 3.05) is 39.9 Å². The van der Waals surface area contributed by atoms with E-state index in [4.69, 9.17) is 14.6 Å². The van der Waals surface area contributed by atoms with Gasteiger partial charge < -0.3 is 19.3 Å². The Bertz CT molecular complexity index is 1180. The molecule has 2 fully saturated rings. The molecule has 2 aromatic carbocycles. The minimum Gasteiger partial charge on any atom is -0.497 e. The lowest BCUT2D eigenvalue weighted by Crippen LogP contribution is -2.52. The molecule has 0 bridgehead atoms. The molecule has 5 rings (SSSR count). The first-order valence-corrected chi connectivity index (χ1v) is 12.1. The molecule has 3 aromatic rings. The lowest BCUT2D eigenvalue weighted by Gasteiger charge is -2.35. The first-order valence-electron chi connectivity index (χ1n) is 12.1. The molecule has 1 aromatic heterocycles. The average Bonchev–Trinajstić information content (AvgIpc) is 3.59. The second-order valence-electron chi connectivity index (χ2n) is 8.93. The Morgan fingerprint density at radius 1 is 1.03 bits per heavy atom. The predicted octanol–water partition coefficient (Wildman–Crippen LogP) is 3.07. The standard InChI is InChI=1S/C27H30N4O4/c1-34-22-10-5-9-21(17-22)25-23(19-31(28-25)18-20-7-3-2-4-8-20)26(32)29-12-14-30(15-13-29)27(33)24-11-6-16-35-24/h2-5,7-10,17,19,24H,6,11-16,18H2,1H3. The number of carbonyl (C=O) groups is 2. The number of nitrogens with zero attached hydrogens (tertiary/aromatic N) is 4. The monoisotopic (exact) mass is 474 g/mol. The van der Waals surface area contributed by atoms with Crippen LogP contribution in [0.3, 0.4) is 0 Å². The van der Waals surface area contributed by atoms with Crippen LogP contribution in [0.5, 0.6) is 5.75 Å². The van der Waals surface area contributed by atoms with E-state index in [2.05, 4.69) is 0 Å². The van der Waals surface area contributed by atoms with Crippen LogP contribution < -0.4 is 4.74 Å². The summed E-state index contributed by atoms with van der Waals surface area (Å²) in [5.74, 6) is 0.675. The van der Waals surface area contributed by atoms with Crippen LogP contribution in [0.15, 0.2) is 60.8 Å². The Balaban J connectivity index is 1.37. The van der Waals surface area contributed by atoms with Gasteiger partial charge in [-0.3, -0.25) is 14.3 Å². The number of piperazine rings is 1. The van der Waals surface area contributed by atoms with Crippen LogP contribution in [0, 0.1) is 0 Å². The zero-order chi connectivity index (χ0) is 24.2. The lowest BCUT2D eigenvalue weighted by molar-refractivity contribution is -0.142. The molecule has 0 N–H and O–H groups in total. The Morgan fingerprint density at radius 2 is 1.80 bits per heavy atom. The fourth-order valence-corrected chi connectivity index (χ4v) is 4.69. The minimum absolute atomic E-state index is 0.0438. The third-order valence-electron chi connectivity index (χ3n) is 6.61. The molecule has 0 radical (unpaired) electrons. The molecule has 1 atom stereocenters. The van der Waals surface area contributed by atoms with E-state index >= 15 is 0 Å². The van der Waals surface area contributed by atoms with Crippen LogP contribution in [-0.2, 0) is 16.1 Å². The topological polar surface area (TPSA) is 76.9 Å². The van der Waals surface area contributed by atoms with E-state index < -0.39 is 0 Å². The molecule has 2 amide bonds. The number of ether oxygens (including phenoxy) is 2. The number of amides is 2. The highest BCUT2D eigenvalue weighted by Crippen LogP contribution is 2.27. The van der Waals surface area contributed by atoms with Gasteiger partial charge in [0.2, 0.25) is 0 Å². The highest BCUT2D eigenvalue weighted by molar-refractivity contribution is 6.00. The molecule has 3 heterocycles. The number of hydrogen-bond acceptors (Lipinski definition) is 5. The zero-order valence-electron chi connectivity index (χ0n) is 19.9.